The van der Waals surface area contributed by atoms with E-state index in [-0.39, 0.29) is 12.2 Å². The molecule has 1 N–H and O–H groups in total. The minimum atomic E-state index is 0.108. The Bertz CT molecular complexity index is 476. The van der Waals surface area contributed by atoms with Crippen LogP contribution in [0.15, 0.2) is 34.9 Å². The third kappa shape index (κ3) is 1.88. The number of carbonyl (C=O) groups is 1. The fourth-order valence-electron chi connectivity index (χ4n) is 1.26. The van der Waals surface area contributed by atoms with Crippen molar-refractivity contribution in [2.75, 3.05) is 0 Å². The Hall–Kier alpha value is -2.10. The maximum absolute atomic E-state index is 10.3. The van der Waals surface area contributed by atoms with Crippen molar-refractivity contribution in [2.24, 2.45) is 0 Å². The smallest absolute Gasteiger partial charge is 0.229 e. The second kappa shape index (κ2) is 3.96. The van der Waals surface area contributed by atoms with E-state index in [2.05, 4.69) is 4.98 Å². The van der Waals surface area contributed by atoms with Crippen molar-refractivity contribution in [1.82, 2.24) is 4.98 Å². The lowest BCUT2D eigenvalue weighted by atomic mass is 10.2. The molecule has 1 aromatic heterocycles. The maximum atomic E-state index is 10.3. The van der Waals surface area contributed by atoms with E-state index in [1.54, 1.807) is 24.3 Å². The average molecular weight is 203 g/mol. The molecule has 0 radical (unpaired) electrons. The molecule has 0 aliphatic carbocycles. The Balaban J connectivity index is 2.37. The number of phenolic OH excluding ortho intramolecular Hbond substituents is 1. The van der Waals surface area contributed by atoms with Crippen LogP contribution >= 0.6 is 0 Å². The van der Waals surface area contributed by atoms with Crippen molar-refractivity contribution in [3.05, 3.63) is 36.2 Å². The van der Waals surface area contributed by atoms with Crippen LogP contribution in [-0.2, 0) is 11.2 Å². The number of rotatable bonds is 3. The van der Waals surface area contributed by atoms with Crippen molar-refractivity contribution in [2.45, 2.75) is 6.42 Å². The van der Waals surface area contributed by atoms with Crippen LogP contribution in [0.2, 0.25) is 0 Å². The lowest BCUT2D eigenvalue weighted by Crippen LogP contribution is -1.85. The summed E-state index contributed by atoms with van der Waals surface area (Å²) in [4.78, 5) is 14.3. The Morgan fingerprint density at radius 3 is 2.93 bits per heavy atom. The highest BCUT2D eigenvalue weighted by molar-refractivity contribution is 5.62. The van der Waals surface area contributed by atoms with Gasteiger partial charge in [0.2, 0.25) is 5.89 Å². The Morgan fingerprint density at radius 1 is 1.40 bits per heavy atom. The number of aromatic nitrogens is 1. The SMILES string of the molecule is O=CCc1coc(-c2ccccc2O)n1. The summed E-state index contributed by atoms with van der Waals surface area (Å²) in [6, 6.07) is 6.75. The minimum Gasteiger partial charge on any atom is -0.507 e. The van der Waals surface area contributed by atoms with E-state index in [4.69, 9.17) is 4.42 Å². The first-order valence-electron chi connectivity index (χ1n) is 4.47. The summed E-state index contributed by atoms with van der Waals surface area (Å²) >= 11 is 0. The monoisotopic (exact) mass is 203 g/mol. The largest absolute Gasteiger partial charge is 0.507 e. The molecule has 0 saturated carbocycles. The molecule has 2 aromatic rings. The summed E-state index contributed by atoms with van der Waals surface area (Å²) in [5.74, 6) is 0.432. The topological polar surface area (TPSA) is 63.3 Å². The van der Waals surface area contributed by atoms with E-state index in [1.807, 2.05) is 0 Å². The fourth-order valence-corrected chi connectivity index (χ4v) is 1.26. The number of oxazole rings is 1. The second-order valence-electron chi connectivity index (χ2n) is 3.03. The van der Waals surface area contributed by atoms with Crippen molar-refractivity contribution in [3.8, 4) is 17.2 Å². The van der Waals surface area contributed by atoms with Crippen LogP contribution in [0, 0.1) is 0 Å². The number of aromatic hydroxyl groups is 1. The van der Waals surface area contributed by atoms with Crippen molar-refractivity contribution < 1.29 is 14.3 Å². The molecule has 0 spiro atoms. The van der Waals surface area contributed by atoms with E-state index in [9.17, 15) is 9.90 Å². The molecule has 0 aliphatic heterocycles. The van der Waals surface area contributed by atoms with Crippen LogP contribution in [0.5, 0.6) is 5.75 Å². The van der Waals surface area contributed by atoms with E-state index >= 15 is 0 Å². The molecular weight excluding hydrogens is 194 g/mol. The zero-order chi connectivity index (χ0) is 10.7. The molecule has 0 amide bonds. The number of aldehydes is 1. The summed E-state index contributed by atoms with van der Waals surface area (Å²) in [6.45, 7) is 0. The van der Waals surface area contributed by atoms with Crippen molar-refractivity contribution >= 4 is 6.29 Å². The predicted molar refractivity (Wildman–Crippen MR) is 53.4 cm³/mol. The average Bonchev–Trinajstić information content (AvgIpc) is 2.68. The molecule has 1 heterocycles. The van der Waals surface area contributed by atoms with E-state index in [0.717, 1.165) is 6.29 Å². The molecule has 1 aromatic carbocycles. The number of para-hydroxylation sites is 1. The van der Waals surface area contributed by atoms with Crippen LogP contribution in [0.3, 0.4) is 0 Å². The number of benzene rings is 1. The molecule has 4 nitrogen and oxygen atoms in total. The summed E-state index contributed by atoms with van der Waals surface area (Å²) in [5.41, 5.74) is 1.08. The van der Waals surface area contributed by atoms with Crippen LogP contribution in [0.1, 0.15) is 5.69 Å². The zero-order valence-corrected chi connectivity index (χ0v) is 7.88. The highest BCUT2D eigenvalue weighted by Crippen LogP contribution is 2.27. The molecular formula is C11H9NO3. The van der Waals surface area contributed by atoms with E-state index < -0.39 is 0 Å². The van der Waals surface area contributed by atoms with Gasteiger partial charge in [0.15, 0.2) is 0 Å². The normalized spacial score (nSPS) is 10.1. The van der Waals surface area contributed by atoms with Gasteiger partial charge in [0.25, 0.3) is 0 Å². The van der Waals surface area contributed by atoms with Gasteiger partial charge in [0, 0.05) is 6.42 Å². The van der Waals surface area contributed by atoms with Gasteiger partial charge in [-0.05, 0) is 12.1 Å². The number of phenols is 1. The standard InChI is InChI=1S/C11H9NO3/c13-6-5-8-7-15-11(12-8)9-3-1-2-4-10(9)14/h1-4,6-7,14H,5H2. The number of hydrogen-bond acceptors (Lipinski definition) is 4. The molecule has 0 fully saturated rings. The first-order valence-corrected chi connectivity index (χ1v) is 4.47. The molecule has 76 valence electrons. The van der Waals surface area contributed by atoms with Crippen LogP contribution < -0.4 is 0 Å². The third-order valence-corrected chi connectivity index (χ3v) is 1.98. The predicted octanol–water partition coefficient (Wildman–Crippen LogP) is 1.79. The van der Waals surface area contributed by atoms with E-state index in [1.165, 1.54) is 6.26 Å². The van der Waals surface area contributed by atoms with Gasteiger partial charge in [-0.25, -0.2) is 4.98 Å². The van der Waals surface area contributed by atoms with Gasteiger partial charge in [-0.3, -0.25) is 0 Å². The highest BCUT2D eigenvalue weighted by Gasteiger charge is 2.09. The van der Waals surface area contributed by atoms with Crippen LogP contribution in [-0.4, -0.2) is 16.4 Å². The van der Waals surface area contributed by atoms with Gasteiger partial charge in [0.1, 0.15) is 18.3 Å². The molecule has 0 unspecified atom stereocenters. The molecule has 0 saturated heterocycles. The Labute approximate surface area is 86.2 Å². The summed E-state index contributed by atoms with van der Waals surface area (Å²) < 4.78 is 5.15. The van der Waals surface area contributed by atoms with Crippen molar-refractivity contribution in [3.63, 3.8) is 0 Å². The lowest BCUT2D eigenvalue weighted by molar-refractivity contribution is -0.107. The van der Waals surface area contributed by atoms with Crippen molar-refractivity contribution in [1.29, 1.82) is 0 Å². The summed E-state index contributed by atoms with van der Waals surface area (Å²) in [7, 11) is 0. The van der Waals surface area contributed by atoms with Crippen LogP contribution in [0.25, 0.3) is 11.5 Å². The van der Waals surface area contributed by atoms with Gasteiger partial charge in [-0.2, -0.15) is 0 Å². The minimum absolute atomic E-state index is 0.108. The molecule has 15 heavy (non-hydrogen) atoms. The third-order valence-electron chi connectivity index (χ3n) is 1.98. The number of carbonyl (C=O) groups excluding carboxylic acids is 1. The fraction of sp³-hybridized carbons (Fsp3) is 0.0909. The number of hydrogen-bond donors (Lipinski definition) is 1. The molecule has 4 heteroatoms. The van der Waals surface area contributed by atoms with Gasteiger partial charge < -0.3 is 14.3 Å². The van der Waals surface area contributed by atoms with Gasteiger partial charge in [-0.1, -0.05) is 12.1 Å². The van der Waals surface area contributed by atoms with Gasteiger partial charge >= 0.3 is 0 Å². The maximum Gasteiger partial charge on any atom is 0.229 e. The zero-order valence-electron chi connectivity index (χ0n) is 7.88. The van der Waals surface area contributed by atoms with Crippen LogP contribution in [0.4, 0.5) is 0 Å². The first kappa shape index (κ1) is 9.45. The van der Waals surface area contributed by atoms with E-state index in [0.29, 0.717) is 17.1 Å². The molecule has 2 rings (SSSR count). The summed E-state index contributed by atoms with van der Waals surface area (Å²) in [5, 5.41) is 9.53. The first-order chi connectivity index (χ1) is 7.31. The second-order valence-corrected chi connectivity index (χ2v) is 3.03. The molecule has 0 aliphatic rings. The summed E-state index contributed by atoms with van der Waals surface area (Å²) in [6.07, 6.45) is 2.39. The highest BCUT2D eigenvalue weighted by atomic mass is 16.3. The molecule has 0 atom stereocenters. The molecule has 0 bridgehead atoms. The lowest BCUT2D eigenvalue weighted by Gasteiger charge is -1.97. The van der Waals surface area contributed by atoms with Gasteiger partial charge in [0.05, 0.1) is 11.3 Å². The van der Waals surface area contributed by atoms with Gasteiger partial charge in [-0.15, -0.1) is 0 Å². The Morgan fingerprint density at radius 2 is 2.20 bits per heavy atom. The Kier molecular flexibility index (Phi) is 2.49. The quantitative estimate of drug-likeness (QED) is 0.772. The number of nitrogens with zero attached hydrogens (tertiary/aromatic N) is 1.